The Bertz CT molecular complexity index is 1350. The molecule has 6 nitrogen and oxygen atoms in total. The number of nitrogens with zero attached hydrogens (tertiary/aromatic N) is 3. The van der Waals surface area contributed by atoms with Crippen LogP contribution in [0.15, 0.2) is 68.9 Å². The molecule has 0 spiro atoms. The molecule has 0 unspecified atom stereocenters. The van der Waals surface area contributed by atoms with Crippen LogP contribution in [0.3, 0.4) is 0 Å². The Kier molecular flexibility index (Phi) is 5.80. The first kappa shape index (κ1) is 20.7. The molecule has 2 aromatic heterocycles. The molecule has 2 aromatic carbocycles. The van der Waals surface area contributed by atoms with E-state index < -0.39 is 4.92 Å². The Morgan fingerprint density at radius 3 is 2.71 bits per heavy atom. The van der Waals surface area contributed by atoms with Gasteiger partial charge in [-0.05, 0) is 42.8 Å². The van der Waals surface area contributed by atoms with E-state index in [0.29, 0.717) is 27.7 Å². The van der Waals surface area contributed by atoms with Crippen LogP contribution in [0.2, 0.25) is 0 Å². The number of nitriles is 1. The Morgan fingerprint density at radius 2 is 2.00 bits per heavy atom. The molecule has 152 valence electrons. The van der Waals surface area contributed by atoms with Gasteiger partial charge in [-0.2, -0.15) is 5.26 Å². The lowest BCUT2D eigenvalue weighted by molar-refractivity contribution is -0.384. The van der Waals surface area contributed by atoms with E-state index in [4.69, 9.17) is 4.42 Å². The summed E-state index contributed by atoms with van der Waals surface area (Å²) < 4.78 is 6.78. The SMILES string of the molecule is Cc1ccc(-c2ccc(/C=C(\C#N)c3nc(-c4ccc(Br)cc4)cs3)o2)c([N+](=O)[O-])c1. The van der Waals surface area contributed by atoms with Crippen LogP contribution in [0, 0.1) is 28.4 Å². The van der Waals surface area contributed by atoms with Crippen LogP contribution in [0.25, 0.3) is 34.2 Å². The van der Waals surface area contributed by atoms with Gasteiger partial charge in [0, 0.05) is 27.6 Å². The summed E-state index contributed by atoms with van der Waals surface area (Å²) in [6.07, 6.45) is 1.59. The van der Waals surface area contributed by atoms with Gasteiger partial charge in [-0.1, -0.05) is 34.1 Å². The van der Waals surface area contributed by atoms with Crippen molar-refractivity contribution in [1.29, 1.82) is 5.26 Å². The third-order valence-electron chi connectivity index (χ3n) is 4.52. The van der Waals surface area contributed by atoms with Gasteiger partial charge in [0.05, 0.1) is 21.8 Å². The Morgan fingerprint density at radius 1 is 1.23 bits per heavy atom. The number of halogens is 1. The quantitative estimate of drug-likeness (QED) is 0.168. The van der Waals surface area contributed by atoms with E-state index in [1.165, 1.54) is 17.4 Å². The Labute approximate surface area is 190 Å². The summed E-state index contributed by atoms with van der Waals surface area (Å²) in [5.74, 6) is 0.784. The average molecular weight is 492 g/mol. The summed E-state index contributed by atoms with van der Waals surface area (Å²) in [5.41, 5.74) is 3.25. The zero-order valence-electron chi connectivity index (χ0n) is 16.2. The van der Waals surface area contributed by atoms with Crippen molar-refractivity contribution in [2.45, 2.75) is 6.92 Å². The summed E-state index contributed by atoms with van der Waals surface area (Å²) in [6.45, 7) is 1.79. The van der Waals surface area contributed by atoms with Crippen molar-refractivity contribution in [1.82, 2.24) is 4.98 Å². The van der Waals surface area contributed by atoms with Crippen LogP contribution in [-0.2, 0) is 0 Å². The van der Waals surface area contributed by atoms with Gasteiger partial charge < -0.3 is 4.42 Å². The molecule has 0 fully saturated rings. The molecule has 0 amide bonds. The predicted molar refractivity (Wildman–Crippen MR) is 124 cm³/mol. The van der Waals surface area contributed by atoms with Crippen molar-refractivity contribution in [2.24, 2.45) is 0 Å². The van der Waals surface area contributed by atoms with Crippen LogP contribution < -0.4 is 0 Å². The molecular formula is C23H14BrN3O3S. The second-order valence-electron chi connectivity index (χ2n) is 6.69. The number of nitro benzene ring substituents is 1. The van der Waals surface area contributed by atoms with Crippen LogP contribution in [0.4, 0.5) is 5.69 Å². The third-order valence-corrected chi connectivity index (χ3v) is 5.93. The second kappa shape index (κ2) is 8.68. The predicted octanol–water partition coefficient (Wildman–Crippen LogP) is 7.11. The van der Waals surface area contributed by atoms with Gasteiger partial charge in [0.1, 0.15) is 22.6 Å². The molecule has 8 heteroatoms. The normalized spacial score (nSPS) is 11.3. The van der Waals surface area contributed by atoms with Gasteiger partial charge in [0.25, 0.3) is 5.69 Å². The van der Waals surface area contributed by atoms with Gasteiger partial charge in [-0.15, -0.1) is 11.3 Å². The smallest absolute Gasteiger partial charge is 0.280 e. The van der Waals surface area contributed by atoms with Gasteiger partial charge in [0.2, 0.25) is 0 Å². The van der Waals surface area contributed by atoms with Crippen molar-refractivity contribution in [3.8, 4) is 28.7 Å². The molecular weight excluding hydrogens is 478 g/mol. The first-order valence-corrected chi connectivity index (χ1v) is 10.8. The summed E-state index contributed by atoms with van der Waals surface area (Å²) in [4.78, 5) is 15.5. The Balaban J connectivity index is 1.65. The lowest BCUT2D eigenvalue weighted by Gasteiger charge is -2.01. The molecule has 0 N–H and O–H groups in total. The lowest BCUT2D eigenvalue weighted by Crippen LogP contribution is -1.92. The van der Waals surface area contributed by atoms with Crippen molar-refractivity contribution in [3.05, 3.63) is 90.9 Å². The maximum absolute atomic E-state index is 11.4. The highest BCUT2D eigenvalue weighted by Crippen LogP contribution is 2.33. The molecule has 0 saturated carbocycles. The van der Waals surface area contributed by atoms with Gasteiger partial charge in [-0.3, -0.25) is 10.1 Å². The first-order chi connectivity index (χ1) is 14.9. The van der Waals surface area contributed by atoms with E-state index in [0.717, 1.165) is 21.3 Å². The number of nitro groups is 1. The highest BCUT2D eigenvalue weighted by atomic mass is 79.9. The molecule has 0 aliphatic carbocycles. The van der Waals surface area contributed by atoms with Gasteiger partial charge >= 0.3 is 0 Å². The van der Waals surface area contributed by atoms with Gasteiger partial charge in [0.15, 0.2) is 0 Å². The van der Waals surface area contributed by atoms with Crippen molar-refractivity contribution in [2.75, 3.05) is 0 Å². The summed E-state index contributed by atoms with van der Waals surface area (Å²) in [5, 5.41) is 23.5. The molecule has 2 heterocycles. The van der Waals surface area contributed by atoms with Crippen molar-refractivity contribution >= 4 is 44.6 Å². The number of hydrogen-bond donors (Lipinski definition) is 0. The topological polar surface area (TPSA) is 93.0 Å². The first-order valence-electron chi connectivity index (χ1n) is 9.13. The minimum Gasteiger partial charge on any atom is -0.456 e. The van der Waals surface area contributed by atoms with E-state index in [1.807, 2.05) is 29.6 Å². The van der Waals surface area contributed by atoms with E-state index in [1.54, 1.807) is 37.3 Å². The molecule has 4 aromatic rings. The highest BCUT2D eigenvalue weighted by Gasteiger charge is 2.18. The zero-order chi connectivity index (χ0) is 22.0. The minimum atomic E-state index is -0.430. The van der Waals surface area contributed by atoms with E-state index in [-0.39, 0.29) is 5.69 Å². The number of benzene rings is 2. The van der Waals surface area contributed by atoms with Crippen LogP contribution in [-0.4, -0.2) is 9.91 Å². The standard InChI is InChI=1S/C23H14BrN3O3S/c1-14-2-8-19(21(10-14)27(28)29)22-9-7-18(30-22)11-16(12-25)23-26-20(13-31-23)15-3-5-17(24)6-4-15/h2-11,13H,1H3/b16-11+. The molecule has 0 aliphatic rings. The maximum Gasteiger partial charge on any atom is 0.280 e. The van der Waals surface area contributed by atoms with Crippen molar-refractivity contribution in [3.63, 3.8) is 0 Å². The molecule has 0 aliphatic heterocycles. The Hall–Kier alpha value is -3.54. The lowest BCUT2D eigenvalue weighted by atomic mass is 10.1. The fraction of sp³-hybridized carbons (Fsp3) is 0.0435. The second-order valence-corrected chi connectivity index (χ2v) is 8.47. The van der Waals surface area contributed by atoms with Crippen LogP contribution in [0.1, 0.15) is 16.3 Å². The number of hydrogen-bond acceptors (Lipinski definition) is 6. The summed E-state index contributed by atoms with van der Waals surface area (Å²) in [6, 6.07) is 18.2. The summed E-state index contributed by atoms with van der Waals surface area (Å²) >= 11 is 4.78. The van der Waals surface area contributed by atoms with E-state index >= 15 is 0 Å². The van der Waals surface area contributed by atoms with Gasteiger partial charge in [-0.25, -0.2) is 4.98 Å². The summed E-state index contributed by atoms with van der Waals surface area (Å²) in [7, 11) is 0. The molecule has 0 bridgehead atoms. The van der Waals surface area contributed by atoms with E-state index in [2.05, 4.69) is 27.0 Å². The van der Waals surface area contributed by atoms with E-state index in [9.17, 15) is 15.4 Å². The minimum absolute atomic E-state index is 0.0237. The molecule has 4 rings (SSSR count). The number of furan rings is 1. The average Bonchev–Trinajstić information content (AvgIpc) is 3.42. The van der Waals surface area contributed by atoms with Crippen molar-refractivity contribution < 1.29 is 9.34 Å². The molecule has 0 atom stereocenters. The largest absolute Gasteiger partial charge is 0.456 e. The van der Waals surface area contributed by atoms with Crippen LogP contribution >= 0.6 is 27.3 Å². The fourth-order valence-electron chi connectivity index (χ4n) is 3.01. The monoisotopic (exact) mass is 491 g/mol. The number of aryl methyl sites for hydroxylation is 1. The number of thiazole rings is 1. The maximum atomic E-state index is 11.4. The molecule has 0 radical (unpaired) electrons. The number of aromatic nitrogens is 1. The fourth-order valence-corrected chi connectivity index (χ4v) is 4.07. The molecule has 31 heavy (non-hydrogen) atoms. The highest BCUT2D eigenvalue weighted by molar-refractivity contribution is 9.10. The molecule has 0 saturated heterocycles. The zero-order valence-corrected chi connectivity index (χ0v) is 18.6. The van der Waals surface area contributed by atoms with Crippen LogP contribution in [0.5, 0.6) is 0 Å². The number of rotatable bonds is 5. The third kappa shape index (κ3) is 4.48. The number of allylic oxidation sites excluding steroid dienone is 1.